The molecule has 0 aliphatic carbocycles. The molecule has 0 aromatic heterocycles. The fourth-order valence-electron chi connectivity index (χ4n) is 3.87. The average molecular weight is 450 g/mol. The van der Waals surface area contributed by atoms with Crippen molar-refractivity contribution in [3.8, 4) is 11.8 Å². The van der Waals surface area contributed by atoms with Crippen molar-refractivity contribution in [3.63, 3.8) is 0 Å². The van der Waals surface area contributed by atoms with Crippen LogP contribution in [-0.4, -0.2) is 43.0 Å². The van der Waals surface area contributed by atoms with E-state index in [2.05, 4.69) is 6.07 Å². The molecule has 0 N–H and O–H groups in total. The van der Waals surface area contributed by atoms with Crippen LogP contribution in [0.3, 0.4) is 0 Å². The number of allylic oxidation sites excluding steroid dienone is 1. The van der Waals surface area contributed by atoms with Gasteiger partial charge in [0.15, 0.2) is 0 Å². The van der Waals surface area contributed by atoms with Crippen LogP contribution in [0.2, 0.25) is 0 Å². The summed E-state index contributed by atoms with van der Waals surface area (Å²) in [6.45, 7) is 2.46. The lowest BCUT2D eigenvalue weighted by Crippen LogP contribution is -2.47. The maximum absolute atomic E-state index is 13.0. The van der Waals surface area contributed by atoms with Crippen LogP contribution < -0.4 is 9.64 Å². The molecule has 2 aliphatic heterocycles. The van der Waals surface area contributed by atoms with E-state index in [0.717, 1.165) is 22.0 Å². The van der Waals surface area contributed by atoms with Crippen LogP contribution in [0.1, 0.15) is 35.2 Å². The van der Waals surface area contributed by atoms with E-state index >= 15 is 0 Å². The molecule has 32 heavy (non-hydrogen) atoms. The van der Waals surface area contributed by atoms with Crippen LogP contribution in [0, 0.1) is 11.3 Å². The van der Waals surface area contributed by atoms with Gasteiger partial charge in [0.1, 0.15) is 5.75 Å². The number of nitrogens with zero attached hydrogens (tertiary/aromatic N) is 3. The molecule has 1 atom stereocenters. The maximum atomic E-state index is 13.0. The van der Waals surface area contributed by atoms with Crippen molar-refractivity contribution in [1.82, 2.24) is 4.90 Å². The highest BCUT2D eigenvalue weighted by Crippen LogP contribution is 2.43. The van der Waals surface area contributed by atoms with Crippen molar-refractivity contribution in [2.75, 3.05) is 31.2 Å². The predicted octanol–water partition coefficient (Wildman–Crippen LogP) is 4.09. The molecule has 1 amide bonds. The molecule has 0 bridgehead atoms. The van der Waals surface area contributed by atoms with E-state index < -0.39 is 0 Å². The number of hydrogen-bond donors (Lipinski definition) is 0. The third-order valence-corrected chi connectivity index (χ3v) is 6.71. The Morgan fingerprint density at radius 1 is 1.19 bits per heavy atom. The Bertz CT molecular complexity index is 1090. The molecular formula is C24H23N3O4S. The quantitative estimate of drug-likeness (QED) is 0.636. The fraction of sp³-hybridized carbons (Fsp3) is 0.292. The molecule has 0 spiro atoms. The van der Waals surface area contributed by atoms with Crippen molar-refractivity contribution in [3.05, 3.63) is 70.3 Å². The molecule has 164 valence electrons. The minimum Gasteiger partial charge on any atom is -0.497 e. The van der Waals surface area contributed by atoms with E-state index in [-0.39, 0.29) is 24.2 Å². The highest BCUT2D eigenvalue weighted by molar-refractivity contribution is 8.03. The van der Waals surface area contributed by atoms with Gasteiger partial charge >= 0.3 is 5.97 Å². The van der Waals surface area contributed by atoms with E-state index in [0.29, 0.717) is 30.3 Å². The lowest BCUT2D eigenvalue weighted by Gasteiger charge is -2.42. The molecule has 0 saturated carbocycles. The Hall–Kier alpha value is -3.44. The largest absolute Gasteiger partial charge is 0.497 e. The number of rotatable bonds is 5. The predicted molar refractivity (Wildman–Crippen MR) is 122 cm³/mol. The van der Waals surface area contributed by atoms with E-state index in [1.165, 1.54) is 11.8 Å². The number of amides is 1. The monoisotopic (exact) mass is 449 g/mol. The molecule has 4 rings (SSSR count). The second kappa shape index (κ2) is 9.37. The van der Waals surface area contributed by atoms with Gasteiger partial charge < -0.3 is 14.4 Å². The first-order valence-electron chi connectivity index (χ1n) is 10.3. The number of nitriles is 1. The number of carbonyl (C=O) groups excluding carboxylic acids is 2. The molecule has 2 heterocycles. The summed E-state index contributed by atoms with van der Waals surface area (Å²) in [4.78, 5) is 28.7. The molecule has 2 aliphatic rings. The summed E-state index contributed by atoms with van der Waals surface area (Å²) in [5.74, 6) is 0.707. The summed E-state index contributed by atoms with van der Waals surface area (Å²) in [6, 6.07) is 17.0. The van der Waals surface area contributed by atoms with Gasteiger partial charge in [0, 0.05) is 18.0 Å². The first-order chi connectivity index (χ1) is 15.5. The topological polar surface area (TPSA) is 82.9 Å². The van der Waals surface area contributed by atoms with Gasteiger partial charge in [-0.05, 0) is 48.9 Å². The van der Waals surface area contributed by atoms with Gasteiger partial charge in [-0.1, -0.05) is 23.9 Å². The lowest BCUT2D eigenvalue weighted by molar-refractivity contribution is -0.129. The third-order valence-electron chi connectivity index (χ3n) is 5.56. The van der Waals surface area contributed by atoms with E-state index in [1.54, 1.807) is 31.1 Å². The number of methoxy groups -OCH3 is 1. The number of ether oxygens (including phenoxy) is 2. The Morgan fingerprint density at radius 3 is 2.53 bits per heavy atom. The summed E-state index contributed by atoms with van der Waals surface area (Å²) < 4.78 is 10.2. The highest BCUT2D eigenvalue weighted by Gasteiger charge is 2.38. The van der Waals surface area contributed by atoms with E-state index in [4.69, 9.17) is 9.47 Å². The van der Waals surface area contributed by atoms with Crippen molar-refractivity contribution in [1.29, 1.82) is 5.26 Å². The van der Waals surface area contributed by atoms with Crippen molar-refractivity contribution < 1.29 is 19.1 Å². The van der Waals surface area contributed by atoms with Crippen LogP contribution in [0.15, 0.2) is 59.1 Å². The zero-order chi connectivity index (χ0) is 22.7. The molecule has 1 fully saturated rings. The van der Waals surface area contributed by atoms with E-state index in [1.807, 2.05) is 41.3 Å². The van der Waals surface area contributed by atoms with Gasteiger partial charge in [-0.25, -0.2) is 4.79 Å². The minimum absolute atomic E-state index is 0.0137. The number of esters is 1. The Balaban J connectivity index is 1.56. The maximum Gasteiger partial charge on any atom is 0.338 e. The molecule has 8 heteroatoms. The second-order valence-electron chi connectivity index (χ2n) is 7.40. The summed E-state index contributed by atoms with van der Waals surface area (Å²) in [5, 5.41) is 10.6. The average Bonchev–Trinajstić information content (AvgIpc) is 2.84. The van der Waals surface area contributed by atoms with Gasteiger partial charge in [-0.3, -0.25) is 9.69 Å². The van der Waals surface area contributed by atoms with Crippen LogP contribution in [0.25, 0.3) is 0 Å². The number of hydrogen-bond acceptors (Lipinski definition) is 7. The van der Waals surface area contributed by atoms with Crippen molar-refractivity contribution in [2.24, 2.45) is 0 Å². The third kappa shape index (κ3) is 4.16. The fourth-order valence-corrected chi connectivity index (χ4v) is 5.04. The Labute approximate surface area is 191 Å². The van der Waals surface area contributed by atoms with Crippen molar-refractivity contribution >= 4 is 29.3 Å². The van der Waals surface area contributed by atoms with Crippen LogP contribution in [-0.2, 0) is 9.53 Å². The minimum atomic E-state index is -0.355. The summed E-state index contributed by atoms with van der Waals surface area (Å²) in [6.07, 6.45) is 0.245. The zero-order valence-electron chi connectivity index (χ0n) is 17.9. The molecular weight excluding hydrogens is 426 g/mol. The van der Waals surface area contributed by atoms with Gasteiger partial charge in [0.25, 0.3) is 0 Å². The molecule has 1 unspecified atom stereocenters. The van der Waals surface area contributed by atoms with Gasteiger partial charge in [0.2, 0.25) is 5.91 Å². The smallest absolute Gasteiger partial charge is 0.338 e. The van der Waals surface area contributed by atoms with Crippen LogP contribution in [0.4, 0.5) is 5.69 Å². The van der Waals surface area contributed by atoms with E-state index in [9.17, 15) is 14.9 Å². The first-order valence-corrected chi connectivity index (χ1v) is 11.3. The number of benzene rings is 2. The van der Waals surface area contributed by atoms with Crippen molar-refractivity contribution in [2.45, 2.75) is 19.3 Å². The molecule has 2 aromatic rings. The molecule has 7 nitrogen and oxygen atoms in total. The number of carbonyl (C=O) groups is 2. The van der Waals surface area contributed by atoms with Gasteiger partial charge in [0.05, 0.1) is 48.5 Å². The molecule has 2 aromatic carbocycles. The highest BCUT2D eigenvalue weighted by atomic mass is 32.2. The lowest BCUT2D eigenvalue weighted by atomic mass is 9.86. The van der Waals surface area contributed by atoms with Crippen LogP contribution in [0.5, 0.6) is 5.75 Å². The van der Waals surface area contributed by atoms with Crippen LogP contribution >= 0.6 is 11.8 Å². The summed E-state index contributed by atoms with van der Waals surface area (Å²) >= 11 is 1.48. The summed E-state index contributed by atoms with van der Waals surface area (Å²) in [7, 11) is 1.61. The number of thioether (sulfide) groups is 1. The first kappa shape index (κ1) is 21.8. The second-order valence-corrected chi connectivity index (χ2v) is 8.34. The Kier molecular flexibility index (Phi) is 6.37. The van der Waals surface area contributed by atoms with Gasteiger partial charge in [-0.2, -0.15) is 5.26 Å². The molecule has 1 saturated heterocycles. The normalized spacial score (nSPS) is 18.2. The summed E-state index contributed by atoms with van der Waals surface area (Å²) in [5.41, 5.74) is 2.94. The Morgan fingerprint density at radius 2 is 1.91 bits per heavy atom. The standard InChI is InChI=1S/C24H23N3O4S/c1-3-31-24(29)17-4-8-18(9-5-17)26-14-27-22(28)12-20(21(13-25)23(27)32-15-26)16-6-10-19(30-2)11-7-16/h4-11,20H,3,12,14-15H2,1-2H3. The number of fused-ring (bicyclic) bond motifs is 1. The number of anilines is 1. The zero-order valence-corrected chi connectivity index (χ0v) is 18.7. The van der Waals surface area contributed by atoms with Gasteiger partial charge in [-0.15, -0.1) is 0 Å². The molecule has 0 radical (unpaired) electrons. The SMILES string of the molecule is CCOC(=O)c1ccc(N2CSC3=C(C#N)C(c4ccc(OC)cc4)CC(=O)N3C2)cc1.